The van der Waals surface area contributed by atoms with E-state index in [0.29, 0.717) is 48.1 Å². The number of halogens is 1. The predicted octanol–water partition coefficient (Wildman–Crippen LogP) is 2.93. The monoisotopic (exact) mass is 282 g/mol. The summed E-state index contributed by atoms with van der Waals surface area (Å²) in [5.41, 5.74) is 0.637. The topological polar surface area (TPSA) is 55.8 Å². The average molecular weight is 283 g/mol. The van der Waals surface area contributed by atoms with Crippen molar-refractivity contribution in [2.75, 3.05) is 13.2 Å². The Bertz CT molecular complexity index is 549. The number of carboxylic acid groups (broad SMARTS) is 1. The fourth-order valence-electron chi connectivity index (χ4n) is 3.00. The molecule has 1 aromatic carbocycles. The molecule has 1 aliphatic heterocycles. The smallest absolute Gasteiger partial charge is 0.314 e. The molecular formula is C14H15ClO4. The van der Waals surface area contributed by atoms with Crippen LogP contribution in [0.15, 0.2) is 6.07 Å². The van der Waals surface area contributed by atoms with Crippen molar-refractivity contribution in [2.24, 2.45) is 0 Å². The van der Waals surface area contributed by atoms with Gasteiger partial charge in [0, 0.05) is 16.7 Å². The number of rotatable bonds is 2. The van der Waals surface area contributed by atoms with Gasteiger partial charge in [0.15, 0.2) is 11.5 Å². The van der Waals surface area contributed by atoms with Gasteiger partial charge in [-0.1, -0.05) is 18.0 Å². The minimum absolute atomic E-state index is 0.462. The van der Waals surface area contributed by atoms with E-state index in [4.69, 9.17) is 21.1 Å². The van der Waals surface area contributed by atoms with Gasteiger partial charge < -0.3 is 14.6 Å². The number of aliphatic carboxylic acids is 1. The third-order valence-electron chi connectivity index (χ3n) is 4.12. The van der Waals surface area contributed by atoms with Crippen molar-refractivity contribution in [2.45, 2.75) is 31.6 Å². The Morgan fingerprint density at radius 3 is 2.63 bits per heavy atom. The zero-order valence-electron chi connectivity index (χ0n) is 10.7. The first kappa shape index (κ1) is 12.6. The normalized spacial score (nSPS) is 19.7. The highest BCUT2D eigenvalue weighted by Gasteiger charge is 2.49. The van der Waals surface area contributed by atoms with Crippen LogP contribution < -0.4 is 9.47 Å². The zero-order chi connectivity index (χ0) is 13.6. The van der Waals surface area contributed by atoms with Crippen LogP contribution >= 0.6 is 11.6 Å². The van der Waals surface area contributed by atoms with E-state index in [1.165, 1.54) is 0 Å². The number of carbonyl (C=O) groups is 1. The van der Waals surface area contributed by atoms with Crippen LogP contribution in [0, 0.1) is 6.92 Å². The number of ether oxygens (including phenoxy) is 2. The van der Waals surface area contributed by atoms with Crippen LogP contribution in [0.2, 0.25) is 5.02 Å². The Balaban J connectivity index is 2.19. The lowest BCUT2D eigenvalue weighted by atomic mass is 9.63. The number of benzene rings is 1. The molecule has 1 aliphatic carbocycles. The molecule has 0 aromatic heterocycles. The Morgan fingerprint density at radius 1 is 1.37 bits per heavy atom. The SMILES string of the molecule is Cc1c2c(cc(Cl)c1C1(C(=O)O)CCC1)OCCO2. The molecule has 1 heterocycles. The molecule has 0 spiro atoms. The summed E-state index contributed by atoms with van der Waals surface area (Å²) in [5, 5.41) is 10.0. The molecule has 0 amide bonds. The fraction of sp³-hybridized carbons (Fsp3) is 0.500. The molecule has 102 valence electrons. The second-order valence-electron chi connectivity index (χ2n) is 5.12. The maximum absolute atomic E-state index is 11.6. The average Bonchev–Trinajstić information content (AvgIpc) is 2.31. The Morgan fingerprint density at radius 2 is 2.05 bits per heavy atom. The summed E-state index contributed by atoms with van der Waals surface area (Å²) >= 11 is 6.31. The third-order valence-corrected chi connectivity index (χ3v) is 4.42. The van der Waals surface area contributed by atoms with Gasteiger partial charge in [-0.25, -0.2) is 0 Å². The molecule has 19 heavy (non-hydrogen) atoms. The van der Waals surface area contributed by atoms with Gasteiger partial charge in [-0.2, -0.15) is 0 Å². The second-order valence-corrected chi connectivity index (χ2v) is 5.53. The minimum Gasteiger partial charge on any atom is -0.486 e. The van der Waals surface area contributed by atoms with Crippen molar-refractivity contribution >= 4 is 17.6 Å². The molecule has 1 aromatic rings. The lowest BCUT2D eigenvalue weighted by molar-refractivity contribution is -0.147. The zero-order valence-corrected chi connectivity index (χ0v) is 11.4. The minimum atomic E-state index is -0.850. The Labute approximate surface area is 116 Å². The summed E-state index contributed by atoms with van der Waals surface area (Å²) in [6.07, 6.45) is 2.17. The predicted molar refractivity (Wildman–Crippen MR) is 70.3 cm³/mol. The largest absolute Gasteiger partial charge is 0.486 e. The first-order valence-electron chi connectivity index (χ1n) is 6.39. The van der Waals surface area contributed by atoms with E-state index < -0.39 is 11.4 Å². The van der Waals surface area contributed by atoms with Crippen molar-refractivity contribution in [3.63, 3.8) is 0 Å². The molecule has 1 fully saturated rings. The van der Waals surface area contributed by atoms with Crippen LogP contribution in [0.1, 0.15) is 30.4 Å². The number of hydrogen-bond acceptors (Lipinski definition) is 3. The molecule has 2 aliphatic rings. The van der Waals surface area contributed by atoms with Gasteiger partial charge in [0.2, 0.25) is 0 Å². The van der Waals surface area contributed by atoms with Crippen molar-refractivity contribution in [1.82, 2.24) is 0 Å². The molecular weight excluding hydrogens is 268 g/mol. The van der Waals surface area contributed by atoms with E-state index >= 15 is 0 Å². The first-order valence-corrected chi connectivity index (χ1v) is 6.76. The summed E-state index contributed by atoms with van der Waals surface area (Å²) in [5.74, 6) is 0.441. The summed E-state index contributed by atoms with van der Waals surface area (Å²) in [6, 6.07) is 1.68. The lowest BCUT2D eigenvalue weighted by Crippen LogP contribution is -2.43. The van der Waals surface area contributed by atoms with Gasteiger partial charge in [0.05, 0.1) is 5.41 Å². The third kappa shape index (κ3) is 1.70. The van der Waals surface area contributed by atoms with Gasteiger partial charge in [-0.05, 0) is 25.3 Å². The van der Waals surface area contributed by atoms with Gasteiger partial charge in [-0.3, -0.25) is 4.79 Å². The van der Waals surface area contributed by atoms with Gasteiger partial charge >= 0.3 is 5.97 Å². The van der Waals surface area contributed by atoms with E-state index in [1.807, 2.05) is 6.92 Å². The standard InChI is InChI=1S/C14H15ClO4/c1-8-11(14(13(16)17)3-2-4-14)9(15)7-10-12(8)19-6-5-18-10/h7H,2-6H2,1H3,(H,16,17). The fourth-order valence-corrected chi connectivity index (χ4v) is 3.42. The number of carboxylic acids is 1. The second kappa shape index (κ2) is 4.30. The quantitative estimate of drug-likeness (QED) is 0.906. The summed E-state index contributed by atoms with van der Waals surface area (Å²) < 4.78 is 11.1. The van der Waals surface area contributed by atoms with Crippen molar-refractivity contribution in [3.8, 4) is 11.5 Å². The van der Waals surface area contributed by atoms with Gasteiger partial charge in [-0.15, -0.1) is 0 Å². The molecule has 0 bridgehead atoms. The number of fused-ring (bicyclic) bond motifs is 1. The molecule has 0 unspecified atom stereocenters. The molecule has 3 rings (SSSR count). The maximum Gasteiger partial charge on any atom is 0.314 e. The lowest BCUT2D eigenvalue weighted by Gasteiger charge is -2.40. The molecule has 5 heteroatoms. The highest BCUT2D eigenvalue weighted by molar-refractivity contribution is 6.32. The highest BCUT2D eigenvalue weighted by atomic mass is 35.5. The Kier molecular flexibility index (Phi) is 2.86. The maximum atomic E-state index is 11.6. The van der Waals surface area contributed by atoms with Crippen molar-refractivity contribution in [3.05, 3.63) is 22.2 Å². The summed E-state index contributed by atoms with van der Waals surface area (Å²) in [4.78, 5) is 11.6. The van der Waals surface area contributed by atoms with E-state index in [9.17, 15) is 9.90 Å². The summed E-state index contributed by atoms with van der Waals surface area (Å²) in [6.45, 7) is 2.83. The van der Waals surface area contributed by atoms with Crippen molar-refractivity contribution in [1.29, 1.82) is 0 Å². The molecule has 0 atom stereocenters. The molecule has 0 saturated heterocycles. The van der Waals surface area contributed by atoms with Crippen molar-refractivity contribution < 1.29 is 19.4 Å². The first-order chi connectivity index (χ1) is 9.06. The number of hydrogen-bond donors (Lipinski definition) is 1. The van der Waals surface area contributed by atoms with E-state index in [1.54, 1.807) is 6.07 Å². The van der Waals surface area contributed by atoms with Crippen LogP contribution in [0.5, 0.6) is 11.5 Å². The highest BCUT2D eigenvalue weighted by Crippen LogP contribution is 2.51. The summed E-state index contributed by atoms with van der Waals surface area (Å²) in [7, 11) is 0. The Hall–Kier alpha value is -1.42. The van der Waals surface area contributed by atoms with Crippen LogP contribution in [0.4, 0.5) is 0 Å². The molecule has 1 N–H and O–H groups in total. The van der Waals surface area contributed by atoms with E-state index in [2.05, 4.69) is 0 Å². The molecule has 0 radical (unpaired) electrons. The molecule has 4 nitrogen and oxygen atoms in total. The van der Waals surface area contributed by atoms with Crippen LogP contribution in [-0.2, 0) is 10.2 Å². The van der Waals surface area contributed by atoms with Crippen LogP contribution in [0.25, 0.3) is 0 Å². The van der Waals surface area contributed by atoms with Crippen LogP contribution in [-0.4, -0.2) is 24.3 Å². The van der Waals surface area contributed by atoms with Gasteiger partial charge in [0.1, 0.15) is 13.2 Å². The van der Waals surface area contributed by atoms with E-state index in [0.717, 1.165) is 12.0 Å². The van der Waals surface area contributed by atoms with Crippen LogP contribution in [0.3, 0.4) is 0 Å². The molecule has 1 saturated carbocycles. The van der Waals surface area contributed by atoms with Gasteiger partial charge in [0.25, 0.3) is 0 Å². The van der Waals surface area contributed by atoms with E-state index in [-0.39, 0.29) is 0 Å².